The standard InChI is InChI=1S/C14H11NO2.ClH/c15-12-9-5-4-8-11(12)14(17)13(16)10-6-2-1-3-7-10;/h1-9H,15H2;1H. The number of halogens is 1. The summed E-state index contributed by atoms with van der Waals surface area (Å²) < 4.78 is 0. The van der Waals surface area contributed by atoms with Crippen molar-refractivity contribution in [2.24, 2.45) is 0 Å². The van der Waals surface area contributed by atoms with Crippen LogP contribution in [0.2, 0.25) is 0 Å². The third kappa shape index (κ3) is 2.76. The van der Waals surface area contributed by atoms with Crippen molar-refractivity contribution in [3.63, 3.8) is 0 Å². The molecule has 0 aromatic heterocycles. The summed E-state index contributed by atoms with van der Waals surface area (Å²) in [6.45, 7) is 0. The van der Waals surface area contributed by atoms with E-state index in [0.29, 0.717) is 11.3 Å². The van der Waals surface area contributed by atoms with E-state index in [1.807, 2.05) is 0 Å². The molecule has 0 atom stereocenters. The van der Waals surface area contributed by atoms with Crippen molar-refractivity contribution < 1.29 is 9.59 Å². The van der Waals surface area contributed by atoms with E-state index in [9.17, 15) is 9.59 Å². The molecule has 0 spiro atoms. The number of benzene rings is 2. The smallest absolute Gasteiger partial charge is 0.235 e. The van der Waals surface area contributed by atoms with Gasteiger partial charge in [0.1, 0.15) is 0 Å². The first-order valence-corrected chi connectivity index (χ1v) is 5.18. The van der Waals surface area contributed by atoms with Crippen LogP contribution in [0.3, 0.4) is 0 Å². The van der Waals surface area contributed by atoms with Gasteiger partial charge in [-0.2, -0.15) is 0 Å². The Morgan fingerprint density at radius 1 is 0.778 bits per heavy atom. The number of ketones is 2. The first-order valence-electron chi connectivity index (χ1n) is 5.18. The van der Waals surface area contributed by atoms with E-state index in [2.05, 4.69) is 0 Å². The molecule has 0 bridgehead atoms. The van der Waals surface area contributed by atoms with Gasteiger partial charge in [0.2, 0.25) is 11.6 Å². The van der Waals surface area contributed by atoms with Crippen LogP contribution in [0.15, 0.2) is 54.6 Å². The molecule has 0 fully saturated rings. The molecule has 0 heterocycles. The summed E-state index contributed by atoms with van der Waals surface area (Å²) >= 11 is 0. The van der Waals surface area contributed by atoms with Gasteiger partial charge < -0.3 is 5.73 Å². The Kier molecular flexibility index (Phi) is 4.63. The maximum atomic E-state index is 11.9. The Hall–Kier alpha value is -2.13. The fourth-order valence-corrected chi connectivity index (χ4v) is 1.55. The van der Waals surface area contributed by atoms with Gasteiger partial charge in [-0.3, -0.25) is 9.59 Å². The normalized spacial score (nSPS) is 9.33. The van der Waals surface area contributed by atoms with Crippen molar-refractivity contribution in [3.8, 4) is 0 Å². The summed E-state index contributed by atoms with van der Waals surface area (Å²) in [4.78, 5) is 23.8. The predicted molar refractivity (Wildman–Crippen MR) is 73.2 cm³/mol. The minimum atomic E-state index is -0.575. The van der Waals surface area contributed by atoms with Crippen molar-refractivity contribution in [2.75, 3.05) is 5.73 Å². The van der Waals surface area contributed by atoms with Crippen LogP contribution in [-0.2, 0) is 0 Å². The molecular weight excluding hydrogens is 250 g/mol. The van der Waals surface area contributed by atoms with Gasteiger partial charge in [0.05, 0.1) is 0 Å². The van der Waals surface area contributed by atoms with Gasteiger partial charge in [0.15, 0.2) is 0 Å². The Labute approximate surface area is 111 Å². The quantitative estimate of drug-likeness (QED) is 0.525. The first kappa shape index (κ1) is 13.9. The summed E-state index contributed by atoms with van der Waals surface area (Å²) in [5, 5.41) is 0. The van der Waals surface area contributed by atoms with Gasteiger partial charge in [-0.1, -0.05) is 42.5 Å². The number of nitrogens with two attached hydrogens (primary N) is 1. The lowest BCUT2D eigenvalue weighted by molar-refractivity contribution is 0.0817. The van der Waals surface area contributed by atoms with Crippen molar-refractivity contribution >= 4 is 29.7 Å². The van der Waals surface area contributed by atoms with E-state index < -0.39 is 11.6 Å². The average molecular weight is 262 g/mol. The molecule has 2 N–H and O–H groups in total. The summed E-state index contributed by atoms with van der Waals surface area (Å²) in [6.07, 6.45) is 0. The summed E-state index contributed by atoms with van der Waals surface area (Å²) in [6, 6.07) is 15.0. The van der Waals surface area contributed by atoms with Crippen molar-refractivity contribution in [3.05, 3.63) is 65.7 Å². The first-order chi connectivity index (χ1) is 8.20. The SMILES string of the molecule is Cl.Nc1ccccc1C(=O)C(=O)c1ccccc1. The Morgan fingerprint density at radius 3 is 1.94 bits per heavy atom. The van der Waals surface area contributed by atoms with E-state index in [4.69, 9.17) is 5.73 Å². The van der Waals surface area contributed by atoms with Crippen molar-refractivity contribution in [1.82, 2.24) is 0 Å². The Bertz CT molecular complexity index is 567. The molecule has 0 amide bonds. The largest absolute Gasteiger partial charge is 0.398 e. The molecule has 92 valence electrons. The topological polar surface area (TPSA) is 60.2 Å². The molecule has 18 heavy (non-hydrogen) atoms. The zero-order valence-electron chi connectivity index (χ0n) is 9.50. The highest BCUT2D eigenvalue weighted by molar-refractivity contribution is 6.50. The minimum Gasteiger partial charge on any atom is -0.398 e. The van der Waals surface area contributed by atoms with Crippen LogP contribution in [-0.4, -0.2) is 11.6 Å². The summed E-state index contributed by atoms with van der Waals surface area (Å²) in [5.41, 5.74) is 6.61. The number of para-hydroxylation sites is 1. The fraction of sp³-hybridized carbons (Fsp3) is 0. The van der Waals surface area contributed by atoms with E-state index in [1.54, 1.807) is 54.6 Å². The zero-order chi connectivity index (χ0) is 12.3. The second-order valence-electron chi connectivity index (χ2n) is 3.61. The second kappa shape index (κ2) is 5.98. The predicted octanol–water partition coefficient (Wildman–Crippen LogP) is 2.76. The lowest BCUT2D eigenvalue weighted by atomic mass is 10.0. The zero-order valence-corrected chi connectivity index (χ0v) is 10.3. The Balaban J connectivity index is 0.00000162. The van der Waals surface area contributed by atoms with E-state index in [0.717, 1.165) is 0 Å². The molecule has 2 rings (SSSR count). The average Bonchev–Trinajstić information content (AvgIpc) is 2.39. The van der Waals surface area contributed by atoms with E-state index in [1.165, 1.54) is 0 Å². The van der Waals surface area contributed by atoms with Crippen molar-refractivity contribution in [1.29, 1.82) is 0 Å². The molecule has 0 aliphatic carbocycles. The molecule has 0 saturated carbocycles. The monoisotopic (exact) mass is 261 g/mol. The number of hydrogen-bond donors (Lipinski definition) is 1. The highest BCUT2D eigenvalue weighted by Crippen LogP contribution is 2.14. The number of rotatable bonds is 3. The molecule has 0 radical (unpaired) electrons. The van der Waals surface area contributed by atoms with Crippen LogP contribution in [0.25, 0.3) is 0 Å². The minimum absolute atomic E-state index is 0. The van der Waals surface area contributed by atoms with Gasteiger partial charge in [0.25, 0.3) is 0 Å². The molecular formula is C14H12ClNO2. The number of carbonyl (C=O) groups is 2. The van der Waals surface area contributed by atoms with Crippen LogP contribution in [0, 0.1) is 0 Å². The van der Waals surface area contributed by atoms with Crippen molar-refractivity contribution in [2.45, 2.75) is 0 Å². The van der Waals surface area contributed by atoms with Gasteiger partial charge >= 0.3 is 0 Å². The molecule has 3 nitrogen and oxygen atoms in total. The lowest BCUT2D eigenvalue weighted by Gasteiger charge is -2.03. The number of Topliss-reactive ketones (excluding diaryl/α,β-unsaturated/α-hetero) is 2. The van der Waals surface area contributed by atoms with Crippen LogP contribution < -0.4 is 5.73 Å². The van der Waals surface area contributed by atoms with Crippen LogP contribution >= 0.6 is 12.4 Å². The molecule has 0 saturated heterocycles. The highest BCUT2D eigenvalue weighted by atomic mass is 35.5. The van der Waals surface area contributed by atoms with Gasteiger partial charge in [-0.25, -0.2) is 0 Å². The third-order valence-corrected chi connectivity index (χ3v) is 2.45. The van der Waals surface area contributed by atoms with Gasteiger partial charge in [-0.05, 0) is 12.1 Å². The Morgan fingerprint density at radius 2 is 1.33 bits per heavy atom. The summed E-state index contributed by atoms with van der Waals surface area (Å²) in [7, 11) is 0. The highest BCUT2D eigenvalue weighted by Gasteiger charge is 2.19. The van der Waals surface area contributed by atoms with Gasteiger partial charge in [-0.15, -0.1) is 12.4 Å². The number of nitrogen functional groups attached to an aromatic ring is 1. The number of anilines is 1. The lowest BCUT2D eigenvalue weighted by Crippen LogP contribution is -2.15. The van der Waals surface area contributed by atoms with Crippen LogP contribution in [0.1, 0.15) is 20.7 Å². The van der Waals surface area contributed by atoms with Crippen LogP contribution in [0.5, 0.6) is 0 Å². The second-order valence-corrected chi connectivity index (χ2v) is 3.61. The van der Waals surface area contributed by atoms with E-state index in [-0.39, 0.29) is 18.0 Å². The maximum Gasteiger partial charge on any atom is 0.235 e. The maximum absolute atomic E-state index is 11.9. The van der Waals surface area contributed by atoms with Crippen LogP contribution in [0.4, 0.5) is 5.69 Å². The molecule has 2 aromatic carbocycles. The number of hydrogen-bond acceptors (Lipinski definition) is 3. The third-order valence-electron chi connectivity index (χ3n) is 2.45. The fourth-order valence-electron chi connectivity index (χ4n) is 1.55. The molecule has 0 aliphatic rings. The molecule has 0 aliphatic heterocycles. The number of carbonyl (C=O) groups excluding carboxylic acids is 2. The van der Waals surface area contributed by atoms with Gasteiger partial charge in [0, 0.05) is 16.8 Å². The molecule has 4 heteroatoms. The molecule has 0 unspecified atom stereocenters. The molecule has 2 aromatic rings. The summed E-state index contributed by atoms with van der Waals surface area (Å²) in [5.74, 6) is -1.11. The van der Waals surface area contributed by atoms with E-state index >= 15 is 0 Å².